The summed E-state index contributed by atoms with van der Waals surface area (Å²) in [7, 11) is 0. The Hall–Kier alpha value is -1.76. The first-order chi connectivity index (χ1) is 7.39. The number of halogens is 3. The molecule has 0 aliphatic heterocycles. The molecule has 2 aromatic heterocycles. The van der Waals surface area contributed by atoms with Gasteiger partial charge in [0, 0.05) is 12.4 Å². The maximum Gasteiger partial charge on any atom is 0.363 e. The molecule has 0 radical (unpaired) electrons. The topological polar surface area (TPSA) is 67.5 Å². The number of carbonyl (C=O) groups is 1. The predicted molar refractivity (Wildman–Crippen MR) is 49.7 cm³/mol. The molecule has 1 N–H and O–H groups in total. The molecule has 0 atom stereocenters. The molecule has 8 heteroatoms. The zero-order chi connectivity index (χ0) is 11.9. The van der Waals surface area contributed by atoms with E-state index in [1.807, 2.05) is 0 Å². The Morgan fingerprint density at radius 1 is 1.56 bits per heavy atom. The molecule has 16 heavy (non-hydrogen) atoms. The Morgan fingerprint density at radius 2 is 2.25 bits per heavy atom. The van der Waals surface area contributed by atoms with Gasteiger partial charge in [-0.05, 0) is 17.7 Å². The summed E-state index contributed by atoms with van der Waals surface area (Å²) in [6.07, 6.45) is 2.02. The van der Waals surface area contributed by atoms with Crippen LogP contribution < -0.4 is 0 Å². The summed E-state index contributed by atoms with van der Waals surface area (Å²) in [4.78, 5) is 17.8. The highest BCUT2D eigenvalue weighted by atomic mass is 35.5. The average molecular weight is 248 g/mol. The molecule has 84 valence electrons. The van der Waals surface area contributed by atoms with Crippen molar-refractivity contribution in [2.75, 3.05) is 0 Å². The zero-order valence-corrected chi connectivity index (χ0v) is 8.32. The summed E-state index contributed by atoms with van der Waals surface area (Å²) in [6, 6.07) is 0.993. The Kier molecular flexibility index (Phi) is 2.27. The van der Waals surface area contributed by atoms with Gasteiger partial charge in [-0.3, -0.25) is 4.40 Å². The number of hydrogen-bond acceptors (Lipinski definition) is 3. The van der Waals surface area contributed by atoms with E-state index in [1.54, 1.807) is 0 Å². The van der Waals surface area contributed by atoms with Crippen LogP contribution in [0, 0.1) is 0 Å². The molecule has 2 rings (SSSR count). The Balaban J connectivity index is 2.73. The second kappa shape index (κ2) is 3.38. The molecule has 0 fully saturated rings. The molecular formula is C8H4ClF2N3O2. The maximum absolute atomic E-state index is 12.9. The molecule has 0 aliphatic rings. The quantitative estimate of drug-likeness (QED) is 0.821. The molecule has 0 aromatic carbocycles. The van der Waals surface area contributed by atoms with E-state index in [0.717, 1.165) is 22.9 Å². The number of hydrogen-bond donors (Lipinski definition) is 1. The summed E-state index contributed by atoms with van der Waals surface area (Å²) in [5, 5.41) is 5.04. The highest BCUT2D eigenvalue weighted by Gasteiger charge is 2.31. The number of carboxylic acids is 1. The van der Waals surface area contributed by atoms with Crippen LogP contribution in [0.15, 0.2) is 18.5 Å². The van der Waals surface area contributed by atoms with Crippen molar-refractivity contribution < 1.29 is 18.7 Å². The van der Waals surface area contributed by atoms with Crippen LogP contribution in [-0.2, 0) is 5.38 Å². The third-order valence-corrected chi connectivity index (χ3v) is 2.07. The van der Waals surface area contributed by atoms with Crippen molar-refractivity contribution >= 4 is 23.3 Å². The zero-order valence-electron chi connectivity index (χ0n) is 7.56. The summed E-state index contributed by atoms with van der Waals surface area (Å²) in [5.41, 5.74) is -0.958. The van der Waals surface area contributed by atoms with Gasteiger partial charge in [-0.15, -0.1) is 0 Å². The minimum Gasteiger partial charge on any atom is -0.476 e. The van der Waals surface area contributed by atoms with Gasteiger partial charge in [0.1, 0.15) is 5.69 Å². The third kappa shape index (κ3) is 1.69. The van der Waals surface area contributed by atoms with Gasteiger partial charge in [-0.2, -0.15) is 8.78 Å². The number of aromatic carboxylic acids is 1. The molecule has 2 aromatic rings. The Morgan fingerprint density at radius 3 is 2.81 bits per heavy atom. The highest BCUT2D eigenvalue weighted by Crippen LogP contribution is 2.32. The first-order valence-electron chi connectivity index (χ1n) is 4.04. The lowest BCUT2D eigenvalue weighted by Crippen LogP contribution is -2.10. The molecule has 0 bridgehead atoms. The van der Waals surface area contributed by atoms with E-state index in [-0.39, 0.29) is 11.5 Å². The van der Waals surface area contributed by atoms with Crippen LogP contribution in [0.1, 0.15) is 16.2 Å². The average Bonchev–Trinajstić information content (AvgIpc) is 2.58. The van der Waals surface area contributed by atoms with Crippen molar-refractivity contribution in [2.45, 2.75) is 5.38 Å². The summed E-state index contributed by atoms with van der Waals surface area (Å²) in [6.45, 7) is 0. The van der Waals surface area contributed by atoms with Gasteiger partial charge < -0.3 is 5.11 Å². The van der Waals surface area contributed by atoms with E-state index >= 15 is 0 Å². The number of alkyl halides is 3. The second-order valence-electron chi connectivity index (χ2n) is 2.93. The van der Waals surface area contributed by atoms with Gasteiger partial charge in [-0.25, -0.2) is 14.8 Å². The lowest BCUT2D eigenvalue weighted by Gasteiger charge is -2.09. The van der Waals surface area contributed by atoms with Crippen molar-refractivity contribution in [3.8, 4) is 0 Å². The molecular weight excluding hydrogens is 244 g/mol. The van der Waals surface area contributed by atoms with E-state index in [0.29, 0.717) is 0 Å². The number of carboxylic acid groups (broad SMARTS) is 1. The molecule has 0 aliphatic carbocycles. The predicted octanol–water partition coefficient (Wildman–Crippen LogP) is 1.72. The number of nitrogens with zero attached hydrogens (tertiary/aromatic N) is 3. The first-order valence-corrected chi connectivity index (χ1v) is 4.42. The van der Waals surface area contributed by atoms with Crippen LogP contribution in [0.4, 0.5) is 8.78 Å². The van der Waals surface area contributed by atoms with E-state index in [2.05, 4.69) is 9.97 Å². The summed E-state index contributed by atoms with van der Waals surface area (Å²) in [5.74, 6) is -1.47. The number of aromatic nitrogens is 3. The fraction of sp³-hybridized carbons (Fsp3) is 0.125. The Bertz CT molecular complexity index is 564. The van der Waals surface area contributed by atoms with E-state index in [4.69, 9.17) is 16.7 Å². The van der Waals surface area contributed by atoms with Crippen LogP contribution in [-0.4, -0.2) is 25.4 Å². The Labute approximate surface area is 92.3 Å². The summed E-state index contributed by atoms with van der Waals surface area (Å²) >= 11 is 4.87. The van der Waals surface area contributed by atoms with Crippen LogP contribution in [0.3, 0.4) is 0 Å². The van der Waals surface area contributed by atoms with Crippen LogP contribution in [0.5, 0.6) is 0 Å². The van der Waals surface area contributed by atoms with Crippen LogP contribution in [0.2, 0.25) is 0 Å². The molecule has 5 nitrogen and oxygen atoms in total. The van der Waals surface area contributed by atoms with E-state index < -0.39 is 17.0 Å². The fourth-order valence-electron chi connectivity index (χ4n) is 1.23. The van der Waals surface area contributed by atoms with Crippen molar-refractivity contribution in [1.29, 1.82) is 0 Å². The molecule has 0 unspecified atom stereocenters. The van der Waals surface area contributed by atoms with Gasteiger partial charge in [0.15, 0.2) is 5.69 Å². The SMILES string of the molecule is O=C(O)c1cn2c(C(F)(F)Cl)ccnc2n1. The van der Waals surface area contributed by atoms with Gasteiger partial charge in [0.2, 0.25) is 5.78 Å². The number of rotatable bonds is 2. The van der Waals surface area contributed by atoms with Crippen molar-refractivity contribution in [3.05, 3.63) is 29.8 Å². The third-order valence-electron chi connectivity index (χ3n) is 1.88. The molecule has 0 amide bonds. The fourth-order valence-corrected chi connectivity index (χ4v) is 1.38. The monoisotopic (exact) mass is 247 g/mol. The van der Waals surface area contributed by atoms with Crippen molar-refractivity contribution in [3.63, 3.8) is 0 Å². The van der Waals surface area contributed by atoms with E-state index in [9.17, 15) is 13.6 Å². The van der Waals surface area contributed by atoms with Crippen molar-refractivity contribution in [2.24, 2.45) is 0 Å². The second-order valence-corrected chi connectivity index (χ2v) is 3.40. The summed E-state index contributed by atoms with van der Waals surface area (Å²) < 4.78 is 26.7. The normalized spacial score (nSPS) is 11.9. The maximum atomic E-state index is 12.9. The lowest BCUT2D eigenvalue weighted by molar-refractivity contribution is 0.0690. The van der Waals surface area contributed by atoms with Crippen LogP contribution >= 0.6 is 11.6 Å². The smallest absolute Gasteiger partial charge is 0.363 e. The van der Waals surface area contributed by atoms with Gasteiger partial charge in [0.25, 0.3) is 0 Å². The van der Waals surface area contributed by atoms with Gasteiger partial charge in [0.05, 0.1) is 0 Å². The highest BCUT2D eigenvalue weighted by molar-refractivity contribution is 6.21. The minimum absolute atomic E-state index is 0.143. The number of imidazole rings is 1. The number of fused-ring (bicyclic) bond motifs is 1. The molecule has 2 heterocycles. The van der Waals surface area contributed by atoms with Crippen molar-refractivity contribution in [1.82, 2.24) is 14.4 Å². The first kappa shape index (κ1) is 10.7. The standard InChI is InChI=1S/C8H4ClF2N3O2/c9-8(10,11)5-1-2-12-7-13-4(6(15)16)3-14(5)7/h1-3H,(H,15,16). The lowest BCUT2D eigenvalue weighted by atomic mass is 10.4. The van der Waals surface area contributed by atoms with E-state index in [1.165, 1.54) is 0 Å². The van der Waals surface area contributed by atoms with Gasteiger partial charge >= 0.3 is 11.4 Å². The van der Waals surface area contributed by atoms with Crippen LogP contribution in [0.25, 0.3) is 5.78 Å². The molecule has 0 saturated heterocycles. The molecule has 0 spiro atoms. The minimum atomic E-state index is -3.61. The van der Waals surface area contributed by atoms with Gasteiger partial charge in [-0.1, -0.05) is 0 Å². The molecule has 0 saturated carbocycles. The largest absolute Gasteiger partial charge is 0.476 e.